The normalized spacial score (nSPS) is 18.0. The van der Waals surface area contributed by atoms with Crippen molar-refractivity contribution in [3.8, 4) is 0 Å². The van der Waals surface area contributed by atoms with E-state index in [1.807, 2.05) is 30.3 Å². The molecule has 3 aromatic carbocycles. The Morgan fingerprint density at radius 3 is 2.14 bits per heavy atom. The van der Waals surface area contributed by atoms with Crippen LogP contribution < -0.4 is 10.0 Å². The van der Waals surface area contributed by atoms with E-state index in [0.717, 1.165) is 5.56 Å². The van der Waals surface area contributed by atoms with Gasteiger partial charge in [-0.15, -0.1) is 0 Å². The molecule has 0 aromatic heterocycles. The number of likely N-dealkylation sites (tertiary alicyclic amines) is 1. The SMILES string of the molecule is CC(C)(C)NS(=O)(=O)c1ccc(NC(=O)[C@@H]2C[C@H](c3ccccc3)CN2C(=O)c2ccc(F)cc2)cc1. The predicted octanol–water partition coefficient (Wildman–Crippen LogP) is 4.54. The first-order chi connectivity index (χ1) is 17.4. The molecule has 1 heterocycles. The molecule has 4 rings (SSSR count). The minimum Gasteiger partial charge on any atom is -0.326 e. The summed E-state index contributed by atoms with van der Waals surface area (Å²) in [6.07, 6.45) is 0.421. The summed E-state index contributed by atoms with van der Waals surface area (Å²) in [5.41, 5.74) is 1.10. The molecule has 37 heavy (non-hydrogen) atoms. The molecule has 0 saturated carbocycles. The number of amides is 2. The molecule has 1 aliphatic rings. The highest BCUT2D eigenvalue weighted by molar-refractivity contribution is 7.89. The zero-order valence-electron chi connectivity index (χ0n) is 20.9. The summed E-state index contributed by atoms with van der Waals surface area (Å²) in [6, 6.07) is 20.1. The van der Waals surface area contributed by atoms with Gasteiger partial charge in [-0.05, 0) is 81.3 Å². The van der Waals surface area contributed by atoms with Crippen LogP contribution in [0.2, 0.25) is 0 Å². The molecule has 2 amide bonds. The highest BCUT2D eigenvalue weighted by Gasteiger charge is 2.40. The quantitative estimate of drug-likeness (QED) is 0.496. The molecule has 7 nitrogen and oxygen atoms in total. The van der Waals surface area contributed by atoms with Gasteiger partial charge in [-0.25, -0.2) is 17.5 Å². The molecule has 1 saturated heterocycles. The lowest BCUT2D eigenvalue weighted by Gasteiger charge is -2.24. The zero-order chi connectivity index (χ0) is 26.8. The first-order valence-electron chi connectivity index (χ1n) is 12.0. The number of sulfonamides is 1. The highest BCUT2D eigenvalue weighted by atomic mass is 32.2. The monoisotopic (exact) mass is 523 g/mol. The average Bonchev–Trinajstić information content (AvgIpc) is 3.29. The van der Waals surface area contributed by atoms with Gasteiger partial charge in [-0.1, -0.05) is 30.3 Å². The Kier molecular flexibility index (Phi) is 7.47. The molecule has 2 N–H and O–H groups in total. The summed E-state index contributed by atoms with van der Waals surface area (Å²) < 4.78 is 41.1. The van der Waals surface area contributed by atoms with Gasteiger partial charge < -0.3 is 10.2 Å². The van der Waals surface area contributed by atoms with E-state index in [0.29, 0.717) is 24.2 Å². The van der Waals surface area contributed by atoms with Crippen molar-refractivity contribution in [3.05, 3.63) is 95.8 Å². The van der Waals surface area contributed by atoms with Crippen molar-refractivity contribution in [2.24, 2.45) is 0 Å². The highest BCUT2D eigenvalue weighted by Crippen LogP contribution is 2.33. The Balaban J connectivity index is 1.55. The lowest BCUT2D eigenvalue weighted by Crippen LogP contribution is -2.43. The lowest BCUT2D eigenvalue weighted by atomic mass is 9.96. The third-order valence-corrected chi connectivity index (χ3v) is 7.87. The summed E-state index contributed by atoms with van der Waals surface area (Å²) in [7, 11) is -3.71. The van der Waals surface area contributed by atoms with Crippen LogP contribution in [-0.4, -0.2) is 43.3 Å². The van der Waals surface area contributed by atoms with Gasteiger partial charge in [0.15, 0.2) is 0 Å². The lowest BCUT2D eigenvalue weighted by molar-refractivity contribution is -0.119. The summed E-state index contributed by atoms with van der Waals surface area (Å²) in [4.78, 5) is 28.3. The third kappa shape index (κ3) is 6.42. The Morgan fingerprint density at radius 2 is 1.54 bits per heavy atom. The van der Waals surface area contributed by atoms with Gasteiger partial charge in [-0.3, -0.25) is 9.59 Å². The van der Waals surface area contributed by atoms with Gasteiger partial charge >= 0.3 is 0 Å². The van der Waals surface area contributed by atoms with Crippen molar-refractivity contribution in [3.63, 3.8) is 0 Å². The predicted molar refractivity (Wildman–Crippen MR) is 140 cm³/mol. The van der Waals surface area contributed by atoms with Crippen molar-refractivity contribution in [1.29, 1.82) is 0 Å². The number of anilines is 1. The van der Waals surface area contributed by atoms with Crippen LogP contribution in [-0.2, 0) is 14.8 Å². The van der Waals surface area contributed by atoms with E-state index in [-0.39, 0.29) is 22.6 Å². The standard InChI is InChI=1S/C28H30FN3O4S/c1-28(2,3)31-37(35,36)24-15-13-23(14-16-24)30-26(33)25-17-21(19-7-5-4-6-8-19)18-32(25)27(34)20-9-11-22(29)12-10-20/h4-16,21,25,31H,17-18H2,1-3H3,(H,30,33)/t21-,25-/m0/s1. The maximum Gasteiger partial charge on any atom is 0.254 e. The van der Waals surface area contributed by atoms with E-state index >= 15 is 0 Å². The molecular weight excluding hydrogens is 493 g/mol. The fraction of sp³-hybridized carbons (Fsp3) is 0.286. The van der Waals surface area contributed by atoms with Crippen molar-refractivity contribution >= 4 is 27.5 Å². The van der Waals surface area contributed by atoms with Crippen molar-refractivity contribution < 1.29 is 22.4 Å². The van der Waals surface area contributed by atoms with E-state index in [4.69, 9.17) is 0 Å². The first-order valence-corrected chi connectivity index (χ1v) is 13.5. The number of carbonyl (C=O) groups excluding carboxylic acids is 2. The van der Waals surface area contributed by atoms with Crippen LogP contribution in [0.5, 0.6) is 0 Å². The van der Waals surface area contributed by atoms with Gasteiger partial charge in [0.2, 0.25) is 15.9 Å². The van der Waals surface area contributed by atoms with E-state index in [9.17, 15) is 22.4 Å². The van der Waals surface area contributed by atoms with Crippen molar-refractivity contribution in [2.75, 3.05) is 11.9 Å². The molecule has 9 heteroatoms. The third-order valence-electron chi connectivity index (χ3n) is 6.10. The minimum atomic E-state index is -3.71. The van der Waals surface area contributed by atoms with Crippen LogP contribution in [0.3, 0.4) is 0 Å². The minimum absolute atomic E-state index is 0.0441. The molecule has 0 radical (unpaired) electrons. The first kappa shape index (κ1) is 26.5. The number of nitrogens with zero attached hydrogens (tertiary/aromatic N) is 1. The van der Waals surface area contributed by atoms with Crippen LogP contribution in [0.4, 0.5) is 10.1 Å². The Hall–Kier alpha value is -3.56. The fourth-order valence-corrected chi connectivity index (χ4v) is 5.86. The molecular formula is C28H30FN3O4S. The molecule has 0 spiro atoms. The van der Waals surface area contributed by atoms with Gasteiger partial charge in [0.05, 0.1) is 4.90 Å². The molecule has 2 atom stereocenters. The molecule has 1 aliphatic heterocycles. The largest absolute Gasteiger partial charge is 0.326 e. The van der Waals surface area contributed by atoms with Crippen LogP contribution in [0.1, 0.15) is 49.0 Å². The molecule has 0 bridgehead atoms. The van der Waals surface area contributed by atoms with Gasteiger partial charge in [0.1, 0.15) is 11.9 Å². The summed E-state index contributed by atoms with van der Waals surface area (Å²) in [5, 5.41) is 2.82. The second-order valence-corrected chi connectivity index (χ2v) is 11.9. The maximum absolute atomic E-state index is 13.4. The molecule has 3 aromatic rings. The zero-order valence-corrected chi connectivity index (χ0v) is 21.8. The van der Waals surface area contributed by atoms with Crippen molar-refractivity contribution in [1.82, 2.24) is 9.62 Å². The van der Waals surface area contributed by atoms with E-state index in [1.54, 1.807) is 20.8 Å². The van der Waals surface area contributed by atoms with Crippen LogP contribution >= 0.6 is 0 Å². The van der Waals surface area contributed by atoms with Gasteiger partial charge in [0.25, 0.3) is 5.91 Å². The molecule has 0 unspecified atom stereocenters. The van der Waals surface area contributed by atoms with E-state index in [1.165, 1.54) is 53.4 Å². The Labute approximate surface area is 216 Å². The van der Waals surface area contributed by atoms with Crippen molar-refractivity contribution in [2.45, 2.75) is 49.6 Å². The van der Waals surface area contributed by atoms with Gasteiger partial charge in [-0.2, -0.15) is 0 Å². The van der Waals surface area contributed by atoms with E-state index < -0.39 is 27.4 Å². The summed E-state index contributed by atoms with van der Waals surface area (Å²) >= 11 is 0. The van der Waals surface area contributed by atoms with Gasteiger partial charge in [0, 0.05) is 29.3 Å². The number of hydrogen-bond donors (Lipinski definition) is 2. The second-order valence-electron chi connectivity index (χ2n) is 10.2. The summed E-state index contributed by atoms with van der Waals surface area (Å²) in [5.74, 6) is -1.22. The Bertz CT molecular complexity index is 1370. The molecule has 194 valence electrons. The number of rotatable bonds is 6. The number of hydrogen-bond acceptors (Lipinski definition) is 4. The van der Waals surface area contributed by atoms with Crippen LogP contribution in [0.25, 0.3) is 0 Å². The maximum atomic E-state index is 13.4. The van der Waals surface area contributed by atoms with Crippen LogP contribution in [0, 0.1) is 5.82 Å². The van der Waals surface area contributed by atoms with Crippen LogP contribution in [0.15, 0.2) is 83.8 Å². The molecule has 1 fully saturated rings. The number of halogens is 1. The summed E-state index contributed by atoms with van der Waals surface area (Å²) in [6.45, 7) is 5.60. The van der Waals surface area contributed by atoms with E-state index in [2.05, 4.69) is 10.0 Å². The second kappa shape index (κ2) is 10.4. The fourth-order valence-electron chi connectivity index (χ4n) is 4.44. The smallest absolute Gasteiger partial charge is 0.254 e. The number of carbonyl (C=O) groups is 2. The molecule has 0 aliphatic carbocycles. The topological polar surface area (TPSA) is 95.6 Å². The Morgan fingerprint density at radius 1 is 0.919 bits per heavy atom. The number of benzene rings is 3. The average molecular weight is 524 g/mol. The number of nitrogens with one attached hydrogen (secondary N) is 2.